The van der Waals surface area contributed by atoms with Crippen molar-refractivity contribution in [1.82, 2.24) is 29.1 Å². The van der Waals surface area contributed by atoms with Crippen molar-refractivity contribution >= 4 is 11.4 Å². The van der Waals surface area contributed by atoms with Gasteiger partial charge in [-0.1, -0.05) is 19.4 Å². The number of aryl methyl sites for hydroxylation is 2. The van der Waals surface area contributed by atoms with Crippen molar-refractivity contribution in [2.24, 2.45) is 4.99 Å². The van der Waals surface area contributed by atoms with Gasteiger partial charge in [-0.3, -0.25) is 4.99 Å². The molecule has 4 heterocycles. The number of hydrogen-bond donors (Lipinski definition) is 0. The van der Waals surface area contributed by atoms with Gasteiger partial charge in [-0.15, -0.1) is 0 Å². The van der Waals surface area contributed by atoms with Crippen molar-refractivity contribution in [3.8, 4) is 6.07 Å². The van der Waals surface area contributed by atoms with Crippen LogP contribution in [0.25, 0.3) is 5.65 Å². The van der Waals surface area contributed by atoms with Gasteiger partial charge in [0.2, 0.25) is 0 Å². The monoisotopic (exact) mass is 360 g/mol. The fourth-order valence-corrected chi connectivity index (χ4v) is 3.40. The third-order valence-corrected chi connectivity index (χ3v) is 4.59. The van der Waals surface area contributed by atoms with Crippen molar-refractivity contribution in [2.75, 3.05) is 0 Å². The lowest BCUT2D eigenvalue weighted by Gasteiger charge is -2.16. The van der Waals surface area contributed by atoms with E-state index in [1.165, 1.54) is 0 Å². The second-order valence-corrected chi connectivity index (χ2v) is 6.54. The topological polar surface area (TPSA) is 97.0 Å². The third-order valence-electron chi connectivity index (χ3n) is 4.59. The number of allylic oxidation sites excluding steroid dienone is 1. The number of aliphatic imine (C=N–C) groups is 1. The molecule has 0 N–H and O–H groups in total. The zero-order valence-corrected chi connectivity index (χ0v) is 15.4. The summed E-state index contributed by atoms with van der Waals surface area (Å²) in [6, 6.07) is 1.96. The summed E-state index contributed by atoms with van der Waals surface area (Å²) in [5.41, 5.74) is 3.38. The first-order valence-electron chi connectivity index (χ1n) is 9.04. The molecule has 27 heavy (non-hydrogen) atoms. The van der Waals surface area contributed by atoms with Gasteiger partial charge in [0, 0.05) is 18.0 Å². The van der Waals surface area contributed by atoms with E-state index in [4.69, 9.17) is 5.26 Å². The highest BCUT2D eigenvalue weighted by Gasteiger charge is 2.20. The molecule has 8 nitrogen and oxygen atoms in total. The lowest BCUT2D eigenvalue weighted by Crippen LogP contribution is -2.14. The fourth-order valence-electron chi connectivity index (χ4n) is 3.40. The van der Waals surface area contributed by atoms with Crippen molar-refractivity contribution < 1.29 is 0 Å². The van der Waals surface area contributed by atoms with E-state index < -0.39 is 0 Å². The zero-order valence-electron chi connectivity index (χ0n) is 15.4. The number of nitrogens with zero attached hydrogens (tertiary/aromatic N) is 8. The van der Waals surface area contributed by atoms with Crippen molar-refractivity contribution in [3.05, 3.63) is 53.8 Å². The molecule has 0 fully saturated rings. The Labute approximate surface area is 156 Å². The first kappa shape index (κ1) is 17.1. The summed E-state index contributed by atoms with van der Waals surface area (Å²) in [5, 5.41) is 13.5. The van der Waals surface area contributed by atoms with Crippen LogP contribution >= 0.6 is 0 Å². The summed E-state index contributed by atoms with van der Waals surface area (Å²) >= 11 is 0. The molecular weight excluding hydrogens is 340 g/mol. The zero-order chi connectivity index (χ0) is 18.8. The second-order valence-electron chi connectivity index (χ2n) is 6.54. The average molecular weight is 360 g/mol. The Kier molecular flexibility index (Phi) is 4.50. The van der Waals surface area contributed by atoms with Crippen LogP contribution in [-0.2, 0) is 13.0 Å². The largest absolute Gasteiger partial charge is 0.327 e. The molecule has 3 aromatic rings. The maximum Gasteiger partial charge on any atom is 0.162 e. The molecule has 0 saturated carbocycles. The van der Waals surface area contributed by atoms with E-state index in [2.05, 4.69) is 42.6 Å². The van der Waals surface area contributed by atoms with Gasteiger partial charge in [0.15, 0.2) is 5.65 Å². The van der Waals surface area contributed by atoms with Gasteiger partial charge in [-0.2, -0.15) is 10.4 Å². The normalized spacial score (nSPS) is 16.5. The molecule has 0 aliphatic carbocycles. The number of nitriles is 1. The minimum atomic E-state index is -0.145. The Morgan fingerprint density at radius 1 is 1.33 bits per heavy atom. The smallest absolute Gasteiger partial charge is 0.162 e. The Hall–Kier alpha value is -3.34. The van der Waals surface area contributed by atoms with Gasteiger partial charge in [0.25, 0.3) is 0 Å². The molecule has 4 rings (SSSR count). The molecule has 1 aliphatic rings. The predicted molar refractivity (Wildman–Crippen MR) is 100 cm³/mol. The van der Waals surface area contributed by atoms with Crippen LogP contribution in [0.15, 0.2) is 35.9 Å². The van der Waals surface area contributed by atoms with Crippen LogP contribution in [0.1, 0.15) is 48.7 Å². The molecule has 0 radical (unpaired) electrons. The Morgan fingerprint density at radius 2 is 2.22 bits per heavy atom. The van der Waals surface area contributed by atoms with Crippen molar-refractivity contribution in [1.29, 1.82) is 5.26 Å². The standard InChI is InChI=1S/C19H20N8/c1-3-5-15-17(22-12-27-18(15)23-13(2)25-27)11-26-9-8-21-19(26)16-7-4-6-14(10-20)24-16/h4,6,8-9,12,16H,3,5,7,11H2,1-2H3. The van der Waals surface area contributed by atoms with Gasteiger partial charge in [-0.25, -0.2) is 19.5 Å². The SMILES string of the molecule is CCCc1c(Cn2ccnc2C2CC=CC(C#N)=N2)ncn2nc(C)nc12. The van der Waals surface area contributed by atoms with Crippen LogP contribution in [0, 0.1) is 18.3 Å². The van der Waals surface area contributed by atoms with Crippen LogP contribution in [0.3, 0.4) is 0 Å². The molecule has 0 spiro atoms. The van der Waals surface area contributed by atoms with Crippen molar-refractivity contribution in [3.63, 3.8) is 0 Å². The summed E-state index contributed by atoms with van der Waals surface area (Å²) in [5.74, 6) is 1.58. The first-order valence-corrected chi connectivity index (χ1v) is 9.04. The second kappa shape index (κ2) is 7.11. The average Bonchev–Trinajstić information content (AvgIpc) is 3.29. The Morgan fingerprint density at radius 3 is 3.04 bits per heavy atom. The fraction of sp³-hybridized carbons (Fsp3) is 0.368. The van der Waals surface area contributed by atoms with Gasteiger partial charge in [0.1, 0.15) is 35.8 Å². The van der Waals surface area contributed by atoms with Crippen LogP contribution in [-0.4, -0.2) is 34.8 Å². The minimum Gasteiger partial charge on any atom is -0.327 e. The molecular formula is C19H20N8. The number of fused-ring (bicyclic) bond motifs is 1. The molecule has 0 aromatic carbocycles. The molecule has 3 aromatic heterocycles. The van der Waals surface area contributed by atoms with Gasteiger partial charge in [-0.05, 0) is 25.8 Å². The van der Waals surface area contributed by atoms with Gasteiger partial charge >= 0.3 is 0 Å². The molecule has 0 bridgehead atoms. The lowest BCUT2D eigenvalue weighted by atomic mass is 10.1. The van der Waals surface area contributed by atoms with E-state index in [1.54, 1.807) is 23.1 Å². The van der Waals surface area contributed by atoms with E-state index >= 15 is 0 Å². The minimum absolute atomic E-state index is 0.145. The van der Waals surface area contributed by atoms with Crippen LogP contribution in [0.2, 0.25) is 0 Å². The number of dihydropyridines is 1. The highest BCUT2D eigenvalue weighted by molar-refractivity contribution is 6.07. The Balaban J connectivity index is 1.71. The van der Waals surface area contributed by atoms with Crippen LogP contribution in [0.5, 0.6) is 0 Å². The van der Waals surface area contributed by atoms with E-state index in [0.29, 0.717) is 12.3 Å². The number of imidazole rings is 1. The summed E-state index contributed by atoms with van der Waals surface area (Å²) < 4.78 is 3.80. The number of hydrogen-bond acceptors (Lipinski definition) is 6. The van der Waals surface area contributed by atoms with E-state index in [0.717, 1.165) is 47.8 Å². The van der Waals surface area contributed by atoms with Crippen LogP contribution < -0.4 is 0 Å². The molecule has 1 unspecified atom stereocenters. The highest BCUT2D eigenvalue weighted by Crippen LogP contribution is 2.25. The van der Waals surface area contributed by atoms with E-state index in [9.17, 15) is 0 Å². The maximum atomic E-state index is 9.12. The van der Waals surface area contributed by atoms with E-state index in [-0.39, 0.29) is 6.04 Å². The summed E-state index contributed by atoms with van der Waals surface area (Å²) in [6.07, 6.45) is 11.8. The molecule has 0 saturated heterocycles. The molecule has 8 heteroatoms. The van der Waals surface area contributed by atoms with E-state index in [1.807, 2.05) is 19.2 Å². The summed E-state index contributed by atoms with van der Waals surface area (Å²) in [7, 11) is 0. The van der Waals surface area contributed by atoms with Gasteiger partial charge < -0.3 is 4.57 Å². The maximum absolute atomic E-state index is 9.12. The summed E-state index contributed by atoms with van der Waals surface area (Å²) in [4.78, 5) is 18.2. The van der Waals surface area contributed by atoms with Crippen LogP contribution in [0.4, 0.5) is 0 Å². The lowest BCUT2D eigenvalue weighted by molar-refractivity contribution is 0.609. The predicted octanol–water partition coefficient (Wildman–Crippen LogP) is 2.60. The molecule has 1 atom stereocenters. The third kappa shape index (κ3) is 3.24. The number of aromatic nitrogens is 6. The molecule has 136 valence electrons. The molecule has 1 aliphatic heterocycles. The van der Waals surface area contributed by atoms with Gasteiger partial charge in [0.05, 0.1) is 12.2 Å². The number of rotatable bonds is 5. The first-order chi connectivity index (χ1) is 13.2. The quantitative estimate of drug-likeness (QED) is 0.696. The highest BCUT2D eigenvalue weighted by atomic mass is 15.3. The summed E-state index contributed by atoms with van der Waals surface area (Å²) in [6.45, 7) is 4.62. The molecule has 0 amide bonds. The Bertz CT molecular complexity index is 1080. The van der Waals surface area contributed by atoms with Crippen molar-refractivity contribution in [2.45, 2.75) is 45.7 Å².